The molecule has 0 radical (unpaired) electrons. The van der Waals surface area contributed by atoms with Crippen molar-refractivity contribution >= 4 is 22.9 Å². The molecule has 0 aromatic heterocycles. The van der Waals surface area contributed by atoms with Crippen LogP contribution < -0.4 is 17.0 Å². The molecule has 0 aromatic carbocycles. The Balaban J connectivity index is 0.00000200. The highest BCUT2D eigenvalue weighted by Crippen LogP contribution is 2.24. The quantitative estimate of drug-likeness (QED) is 0.450. The van der Waals surface area contributed by atoms with Gasteiger partial charge in [0.1, 0.15) is 0 Å². The first-order chi connectivity index (χ1) is 9.18. The maximum Gasteiger partial charge on any atom is 0.300 e. The third-order valence-corrected chi connectivity index (χ3v) is 5.07. The Bertz CT molecular complexity index is 323. The van der Waals surface area contributed by atoms with E-state index in [1.54, 1.807) is 0 Å². The van der Waals surface area contributed by atoms with Crippen LogP contribution in [0.3, 0.4) is 0 Å². The van der Waals surface area contributed by atoms with Gasteiger partial charge in [0.2, 0.25) is 0 Å². The van der Waals surface area contributed by atoms with Gasteiger partial charge in [-0.25, -0.2) is 4.99 Å². The van der Waals surface area contributed by atoms with Crippen LogP contribution in [0.5, 0.6) is 0 Å². The number of halogens is 2. The number of rotatable bonds is 6. The maximum atomic E-state index is 4.85. The predicted molar refractivity (Wildman–Crippen MR) is 92.7 cm³/mol. The van der Waals surface area contributed by atoms with E-state index in [2.05, 4.69) is 25.8 Å². The van der Waals surface area contributed by atoms with Crippen molar-refractivity contribution in [3.8, 4) is 0 Å². The minimum atomic E-state index is 0. The van der Waals surface area contributed by atoms with E-state index in [-0.39, 0.29) is 34.0 Å². The number of quaternary nitrogens is 1. The van der Waals surface area contributed by atoms with Crippen LogP contribution in [-0.4, -0.2) is 55.1 Å². The zero-order valence-corrected chi connectivity index (χ0v) is 17.3. The van der Waals surface area contributed by atoms with Gasteiger partial charge in [-0.15, -0.1) is 17.0 Å². The molecule has 1 saturated heterocycles. The molecule has 0 saturated carbocycles. The molecule has 2 aliphatic rings. The Morgan fingerprint density at radius 3 is 2.67 bits per heavy atom. The van der Waals surface area contributed by atoms with Crippen LogP contribution in [0.2, 0.25) is 0 Å². The highest BCUT2D eigenvalue weighted by molar-refractivity contribution is 8.93. The van der Waals surface area contributed by atoms with Crippen molar-refractivity contribution in [2.75, 3.05) is 39.8 Å². The Morgan fingerprint density at radius 1 is 1.24 bits per heavy atom. The van der Waals surface area contributed by atoms with E-state index >= 15 is 0 Å². The Morgan fingerprint density at radius 2 is 1.95 bits per heavy atom. The minimum absolute atomic E-state index is 0. The number of guanidine groups is 1. The highest BCUT2D eigenvalue weighted by Gasteiger charge is 2.40. The van der Waals surface area contributed by atoms with E-state index in [0.717, 1.165) is 12.5 Å². The molecule has 21 heavy (non-hydrogen) atoms. The smallest absolute Gasteiger partial charge is 0.300 e. The monoisotopic (exact) mass is 425 g/mol. The van der Waals surface area contributed by atoms with E-state index in [9.17, 15) is 0 Å². The van der Waals surface area contributed by atoms with E-state index in [0.29, 0.717) is 0 Å². The summed E-state index contributed by atoms with van der Waals surface area (Å²) in [5, 5.41) is 0. The zero-order valence-electron chi connectivity index (χ0n) is 14.0. The molecule has 2 heterocycles. The van der Waals surface area contributed by atoms with Gasteiger partial charge in [0.15, 0.2) is 0 Å². The summed E-state index contributed by atoms with van der Waals surface area (Å²) in [5.74, 6) is 2.29. The molecule has 2 rings (SSSR count). The van der Waals surface area contributed by atoms with Crippen molar-refractivity contribution < 1.29 is 21.5 Å². The molecule has 1 fully saturated rings. The Kier molecular flexibility index (Phi) is 10.4. The highest BCUT2D eigenvalue weighted by atomic mass is 79.9. The molecular formula is C16H33Br2N3. The number of hydrogen-bond acceptors (Lipinski definition) is 2. The van der Waals surface area contributed by atoms with Gasteiger partial charge in [0.05, 0.1) is 26.2 Å². The third kappa shape index (κ3) is 5.51. The SMILES string of the molecule is Br.CCC(C)CCCC[N+]12CCCN=C1N(C)CCC2.[Br-]. The second kappa shape index (κ2) is 10.2. The summed E-state index contributed by atoms with van der Waals surface area (Å²) < 4.78 is 1.19. The molecule has 5 heteroatoms. The summed E-state index contributed by atoms with van der Waals surface area (Å²) in [5.41, 5.74) is 0. The number of unbranched alkanes of at least 4 members (excludes halogenated alkanes) is 1. The maximum absolute atomic E-state index is 4.85. The fraction of sp³-hybridized carbons (Fsp3) is 0.938. The molecule has 0 N–H and O–H groups in total. The van der Waals surface area contributed by atoms with Gasteiger partial charge in [-0.1, -0.05) is 26.7 Å². The van der Waals surface area contributed by atoms with E-state index < -0.39 is 0 Å². The average molecular weight is 427 g/mol. The lowest BCUT2D eigenvalue weighted by molar-refractivity contribution is -0.853. The lowest BCUT2D eigenvalue weighted by atomic mass is 10.0. The van der Waals surface area contributed by atoms with Crippen LogP contribution in [0.15, 0.2) is 4.99 Å². The first-order valence-corrected chi connectivity index (χ1v) is 8.30. The van der Waals surface area contributed by atoms with Gasteiger partial charge in [-0.3, -0.25) is 4.48 Å². The normalized spacial score (nSPS) is 26.0. The fourth-order valence-corrected chi connectivity index (χ4v) is 3.64. The molecular weight excluding hydrogens is 394 g/mol. The van der Waals surface area contributed by atoms with Crippen LogP contribution >= 0.6 is 17.0 Å². The second-order valence-electron chi connectivity index (χ2n) is 6.64. The van der Waals surface area contributed by atoms with Gasteiger partial charge in [0, 0.05) is 26.4 Å². The number of nitrogens with zero attached hydrogens (tertiary/aromatic N) is 3. The van der Waals surface area contributed by atoms with Crippen LogP contribution in [0.1, 0.15) is 52.4 Å². The molecule has 3 nitrogen and oxygen atoms in total. The summed E-state index contributed by atoms with van der Waals surface area (Å²) in [6.45, 7) is 10.9. The summed E-state index contributed by atoms with van der Waals surface area (Å²) in [7, 11) is 2.23. The summed E-state index contributed by atoms with van der Waals surface area (Å²) in [6.07, 6.45) is 8.11. The van der Waals surface area contributed by atoms with Crippen molar-refractivity contribution in [2.45, 2.75) is 52.4 Å². The predicted octanol–water partition coefficient (Wildman–Crippen LogP) is 0.697. The number of hydrogen-bond donors (Lipinski definition) is 0. The lowest BCUT2D eigenvalue weighted by Gasteiger charge is -2.46. The van der Waals surface area contributed by atoms with E-state index in [4.69, 9.17) is 4.99 Å². The zero-order chi connectivity index (χ0) is 13.7. The summed E-state index contributed by atoms with van der Waals surface area (Å²) in [6, 6.07) is 0. The topological polar surface area (TPSA) is 15.6 Å². The Labute approximate surface area is 152 Å². The van der Waals surface area contributed by atoms with Crippen molar-refractivity contribution in [2.24, 2.45) is 10.9 Å². The van der Waals surface area contributed by atoms with Crippen molar-refractivity contribution in [1.29, 1.82) is 0 Å². The summed E-state index contributed by atoms with van der Waals surface area (Å²) >= 11 is 0. The van der Waals surface area contributed by atoms with Gasteiger partial charge in [-0.2, -0.15) is 0 Å². The van der Waals surface area contributed by atoms with Crippen LogP contribution in [-0.2, 0) is 0 Å². The largest absolute Gasteiger partial charge is 1.00 e. The second-order valence-corrected chi connectivity index (χ2v) is 6.64. The number of fused-ring (bicyclic) bond motifs is 1. The lowest BCUT2D eigenvalue weighted by Crippen LogP contribution is -3.00. The number of aliphatic imine (C=N–C) groups is 1. The van der Waals surface area contributed by atoms with Crippen LogP contribution in [0, 0.1) is 5.92 Å². The van der Waals surface area contributed by atoms with Gasteiger partial charge < -0.3 is 21.9 Å². The molecule has 2 unspecified atom stereocenters. The van der Waals surface area contributed by atoms with Gasteiger partial charge in [0.25, 0.3) is 5.96 Å². The molecule has 0 amide bonds. The van der Waals surface area contributed by atoms with Crippen LogP contribution in [0.4, 0.5) is 0 Å². The van der Waals surface area contributed by atoms with E-state index in [1.807, 2.05) is 0 Å². The van der Waals surface area contributed by atoms with Crippen LogP contribution in [0.25, 0.3) is 0 Å². The van der Waals surface area contributed by atoms with Crippen molar-refractivity contribution in [3.05, 3.63) is 0 Å². The van der Waals surface area contributed by atoms with E-state index in [1.165, 1.54) is 75.1 Å². The molecule has 0 aliphatic carbocycles. The fourth-order valence-electron chi connectivity index (χ4n) is 3.64. The average Bonchev–Trinajstić information content (AvgIpc) is 2.44. The summed E-state index contributed by atoms with van der Waals surface area (Å²) in [4.78, 5) is 7.26. The molecule has 0 aromatic rings. The van der Waals surface area contributed by atoms with Gasteiger partial charge >= 0.3 is 0 Å². The minimum Gasteiger partial charge on any atom is -1.00 e. The molecule has 2 atom stereocenters. The third-order valence-electron chi connectivity index (χ3n) is 5.07. The molecule has 0 bridgehead atoms. The Hall–Kier alpha value is 0.390. The van der Waals surface area contributed by atoms with Crippen molar-refractivity contribution in [1.82, 2.24) is 4.90 Å². The van der Waals surface area contributed by atoms with Gasteiger partial charge in [-0.05, 0) is 18.8 Å². The first-order valence-electron chi connectivity index (χ1n) is 8.30. The van der Waals surface area contributed by atoms with Crippen molar-refractivity contribution in [3.63, 3.8) is 0 Å². The molecule has 2 aliphatic heterocycles. The molecule has 126 valence electrons. The first kappa shape index (κ1) is 21.4. The molecule has 0 spiro atoms. The standard InChI is InChI=1S/C16H32N3.2BrH/c1-4-15(2)9-5-6-12-19-13-7-10-17-16(19)18(3)11-8-14-19;;/h15H,4-14H2,1-3H3;2*1H/q+1;;/p-1.